The molecule has 1 aromatic carbocycles. The number of pyridine rings is 1. The summed E-state index contributed by atoms with van der Waals surface area (Å²) in [5, 5.41) is 20.3. The maximum absolute atomic E-state index is 14.1. The van der Waals surface area contributed by atoms with Crippen molar-refractivity contribution in [3.05, 3.63) is 82.3 Å². The molecule has 174 valence electrons. The summed E-state index contributed by atoms with van der Waals surface area (Å²) in [6.45, 7) is 4.39. The van der Waals surface area contributed by atoms with Gasteiger partial charge in [0.05, 0.1) is 29.0 Å². The summed E-state index contributed by atoms with van der Waals surface area (Å²) in [5.74, 6) is -2.14. The Bertz CT molecular complexity index is 1260. The second kappa shape index (κ2) is 9.61. The van der Waals surface area contributed by atoms with Crippen molar-refractivity contribution in [2.75, 3.05) is 19.7 Å². The van der Waals surface area contributed by atoms with Crippen LogP contribution in [0.5, 0.6) is 5.88 Å². The van der Waals surface area contributed by atoms with E-state index >= 15 is 0 Å². The molecule has 1 N–H and O–H groups in total. The first kappa shape index (κ1) is 23.4. The van der Waals surface area contributed by atoms with E-state index in [1.54, 1.807) is 32.0 Å². The fourth-order valence-electron chi connectivity index (χ4n) is 4.46. The van der Waals surface area contributed by atoms with Gasteiger partial charge in [0.1, 0.15) is 6.07 Å². The third-order valence-electron chi connectivity index (χ3n) is 6.26. The van der Waals surface area contributed by atoms with E-state index < -0.39 is 23.0 Å². The fraction of sp³-hybridized carbons (Fsp3) is 0.320. The second-order valence-electron chi connectivity index (χ2n) is 8.42. The van der Waals surface area contributed by atoms with E-state index in [0.29, 0.717) is 53.5 Å². The molecule has 0 spiro atoms. The van der Waals surface area contributed by atoms with Gasteiger partial charge in [0.25, 0.3) is 0 Å². The monoisotopic (exact) mass is 463 g/mol. The summed E-state index contributed by atoms with van der Waals surface area (Å²) in [4.78, 5) is 18.1. The van der Waals surface area contributed by atoms with Crippen molar-refractivity contribution in [3.63, 3.8) is 0 Å². The van der Waals surface area contributed by atoms with Crippen LogP contribution in [0.15, 0.2) is 42.6 Å². The Labute approximate surface area is 195 Å². The van der Waals surface area contributed by atoms with Crippen molar-refractivity contribution in [2.45, 2.75) is 26.2 Å². The molecule has 3 aromatic rings. The number of hydrogen-bond donors (Lipinski definition) is 1. The largest absolute Gasteiger partial charge is 0.478 e. The van der Waals surface area contributed by atoms with Crippen molar-refractivity contribution in [1.82, 2.24) is 20.5 Å². The van der Waals surface area contributed by atoms with Crippen LogP contribution in [-0.2, 0) is 0 Å². The summed E-state index contributed by atoms with van der Waals surface area (Å²) in [6.07, 6.45) is 1.71. The maximum atomic E-state index is 14.1. The summed E-state index contributed by atoms with van der Waals surface area (Å²) < 4.78 is 33.5. The molecule has 0 bridgehead atoms. The highest BCUT2D eigenvalue weighted by Crippen LogP contribution is 2.45. The number of Topliss-reactive ketones (excluding diaryl/α,β-unsaturated/α-hetero) is 1. The highest BCUT2D eigenvalue weighted by molar-refractivity contribution is 6.02. The normalized spacial score (nSPS) is 19.6. The van der Waals surface area contributed by atoms with Crippen LogP contribution in [0.25, 0.3) is 0 Å². The average molecular weight is 463 g/mol. The Morgan fingerprint density at radius 2 is 2.03 bits per heavy atom. The number of nitrogens with one attached hydrogen (secondary N) is 1. The number of benzene rings is 1. The van der Waals surface area contributed by atoms with Crippen molar-refractivity contribution >= 4 is 5.78 Å². The number of aromatic nitrogens is 3. The van der Waals surface area contributed by atoms with Crippen LogP contribution in [0.2, 0.25) is 0 Å². The van der Waals surface area contributed by atoms with E-state index in [0.717, 1.165) is 12.1 Å². The average Bonchev–Trinajstić information content (AvgIpc) is 3.27. The molecular formula is C25H23F2N5O2. The standard InChI is InChI=1S/C25H23F2N5O2/c1-15-9-19(16(2)32-31-15)24(33)25(7-8-34-23-6-3-17(11-28)12-30-23)14-29-13-20(25)18-4-5-21(26)22(27)10-18/h3-6,9-10,12,20,29H,7-8,13-14H2,1-2H3/t20-,25-/m0/s1. The molecule has 4 rings (SSSR count). The highest BCUT2D eigenvalue weighted by Gasteiger charge is 2.50. The van der Waals surface area contributed by atoms with Gasteiger partial charge >= 0.3 is 0 Å². The topological polar surface area (TPSA) is 101 Å². The van der Waals surface area contributed by atoms with E-state index in [9.17, 15) is 13.6 Å². The first-order valence-corrected chi connectivity index (χ1v) is 10.8. The first-order valence-electron chi connectivity index (χ1n) is 10.8. The number of nitrogens with zero attached hydrogens (tertiary/aromatic N) is 4. The molecule has 1 aliphatic heterocycles. The Hall–Kier alpha value is -3.77. The van der Waals surface area contributed by atoms with Crippen molar-refractivity contribution in [3.8, 4) is 11.9 Å². The molecule has 0 saturated carbocycles. The quantitative estimate of drug-likeness (QED) is 0.534. The van der Waals surface area contributed by atoms with E-state index in [2.05, 4.69) is 20.5 Å². The van der Waals surface area contributed by atoms with Crippen LogP contribution < -0.4 is 10.1 Å². The molecule has 0 unspecified atom stereocenters. The zero-order valence-electron chi connectivity index (χ0n) is 18.8. The van der Waals surface area contributed by atoms with E-state index in [1.807, 2.05) is 6.07 Å². The van der Waals surface area contributed by atoms with Gasteiger partial charge in [-0.3, -0.25) is 4.79 Å². The number of ketones is 1. The van der Waals surface area contributed by atoms with Gasteiger partial charge in [-0.15, -0.1) is 0 Å². The predicted molar refractivity (Wildman–Crippen MR) is 119 cm³/mol. The molecule has 2 atom stereocenters. The molecule has 1 aliphatic rings. The SMILES string of the molecule is Cc1cc(C(=O)[C@@]2(CCOc3ccc(C#N)cn3)CNC[C@H]2c2ccc(F)c(F)c2)c(C)nn1. The van der Waals surface area contributed by atoms with Crippen molar-refractivity contribution in [2.24, 2.45) is 5.41 Å². The Kier molecular flexibility index (Phi) is 6.61. The van der Waals surface area contributed by atoms with Gasteiger partial charge in [0, 0.05) is 36.8 Å². The lowest BCUT2D eigenvalue weighted by atomic mass is 9.67. The number of carbonyl (C=O) groups is 1. The van der Waals surface area contributed by atoms with Gasteiger partial charge in [-0.25, -0.2) is 13.8 Å². The molecule has 7 nitrogen and oxygen atoms in total. The minimum Gasteiger partial charge on any atom is -0.478 e. The Morgan fingerprint density at radius 3 is 2.74 bits per heavy atom. The predicted octanol–water partition coefficient (Wildman–Crippen LogP) is 3.66. The minimum atomic E-state index is -0.989. The van der Waals surface area contributed by atoms with Gasteiger partial charge in [-0.1, -0.05) is 6.07 Å². The van der Waals surface area contributed by atoms with E-state index in [-0.39, 0.29) is 12.4 Å². The van der Waals surface area contributed by atoms with Gasteiger partial charge in [-0.05, 0) is 50.1 Å². The van der Waals surface area contributed by atoms with Gasteiger partial charge in [-0.2, -0.15) is 15.5 Å². The summed E-state index contributed by atoms with van der Waals surface area (Å²) in [6, 6.07) is 10.6. The van der Waals surface area contributed by atoms with Crippen LogP contribution in [0, 0.1) is 42.2 Å². The molecule has 34 heavy (non-hydrogen) atoms. The molecule has 1 fully saturated rings. The van der Waals surface area contributed by atoms with Gasteiger partial charge in [0.15, 0.2) is 17.4 Å². The molecule has 0 amide bonds. The highest BCUT2D eigenvalue weighted by atomic mass is 19.2. The van der Waals surface area contributed by atoms with Crippen LogP contribution >= 0.6 is 0 Å². The van der Waals surface area contributed by atoms with Crippen molar-refractivity contribution in [1.29, 1.82) is 5.26 Å². The second-order valence-corrected chi connectivity index (χ2v) is 8.42. The number of halogens is 2. The summed E-state index contributed by atoms with van der Waals surface area (Å²) in [7, 11) is 0. The number of rotatable bonds is 7. The fourth-order valence-corrected chi connectivity index (χ4v) is 4.46. The summed E-state index contributed by atoms with van der Waals surface area (Å²) >= 11 is 0. The lowest BCUT2D eigenvalue weighted by Gasteiger charge is -2.34. The molecule has 2 aromatic heterocycles. The zero-order chi connectivity index (χ0) is 24.3. The van der Waals surface area contributed by atoms with Crippen LogP contribution in [0.4, 0.5) is 8.78 Å². The van der Waals surface area contributed by atoms with Crippen LogP contribution in [0.1, 0.15) is 45.2 Å². The van der Waals surface area contributed by atoms with Crippen LogP contribution in [0.3, 0.4) is 0 Å². The number of carbonyl (C=O) groups excluding carboxylic acids is 1. The molecular weight excluding hydrogens is 440 g/mol. The summed E-state index contributed by atoms with van der Waals surface area (Å²) in [5.41, 5.74) is 1.51. The number of ether oxygens (including phenoxy) is 1. The number of nitriles is 1. The third kappa shape index (κ3) is 4.50. The zero-order valence-corrected chi connectivity index (χ0v) is 18.8. The minimum absolute atomic E-state index is 0.154. The molecule has 9 heteroatoms. The first-order chi connectivity index (χ1) is 16.3. The lowest BCUT2D eigenvalue weighted by molar-refractivity contribution is 0.0742. The van der Waals surface area contributed by atoms with Gasteiger partial charge in [0.2, 0.25) is 5.88 Å². The third-order valence-corrected chi connectivity index (χ3v) is 6.26. The number of aryl methyl sites for hydroxylation is 2. The van der Waals surface area contributed by atoms with E-state index in [4.69, 9.17) is 10.00 Å². The Balaban J connectivity index is 1.69. The number of hydrogen-bond acceptors (Lipinski definition) is 7. The maximum Gasteiger partial charge on any atom is 0.213 e. The van der Waals surface area contributed by atoms with Crippen LogP contribution in [-0.4, -0.2) is 40.7 Å². The lowest BCUT2D eigenvalue weighted by Crippen LogP contribution is -2.40. The molecule has 3 heterocycles. The molecule has 1 saturated heterocycles. The Morgan fingerprint density at radius 1 is 1.21 bits per heavy atom. The van der Waals surface area contributed by atoms with Gasteiger partial charge < -0.3 is 10.1 Å². The molecule has 0 aliphatic carbocycles. The van der Waals surface area contributed by atoms with E-state index in [1.165, 1.54) is 12.3 Å². The van der Waals surface area contributed by atoms with Crippen molar-refractivity contribution < 1.29 is 18.3 Å². The smallest absolute Gasteiger partial charge is 0.213 e. The molecule has 0 radical (unpaired) electrons.